The first-order chi connectivity index (χ1) is 15.9. The van der Waals surface area contributed by atoms with Crippen LogP contribution >= 0.6 is 11.6 Å². The van der Waals surface area contributed by atoms with Gasteiger partial charge in [-0.1, -0.05) is 29.8 Å². The number of primary amides is 1. The minimum atomic E-state index is -3.76. The van der Waals surface area contributed by atoms with E-state index in [4.69, 9.17) is 17.3 Å². The van der Waals surface area contributed by atoms with Crippen LogP contribution in [-0.4, -0.2) is 20.1 Å². The minimum Gasteiger partial charge on any atom is -0.366 e. The van der Waals surface area contributed by atoms with E-state index in [9.17, 15) is 22.0 Å². The maximum atomic E-state index is 15.1. The van der Waals surface area contributed by atoms with Crippen LogP contribution in [0.3, 0.4) is 0 Å². The average molecular weight is 512 g/mol. The maximum Gasteiger partial charge on any atom is 0.250 e. The predicted octanol–water partition coefficient (Wildman–Crippen LogP) is 5.26. The Morgan fingerprint density at radius 3 is 2.32 bits per heavy atom. The molecule has 0 atom stereocenters. The van der Waals surface area contributed by atoms with Gasteiger partial charge in [-0.3, -0.25) is 9.52 Å². The summed E-state index contributed by atoms with van der Waals surface area (Å²) in [6.07, 6.45) is -0.470. The molecular weight excluding hydrogens is 491 g/mol. The normalized spacial score (nSPS) is 11.4. The standard InChI is InChI=1S/C23H21ClF3N3O3S/c1-3-34(32,33)30-18-6-4-5-13(19(18)25)10-14-11-15(23(28)31)22(21(27)20(14)26)29-17-8-7-12(2)9-16(17)24/h4-9,11,29-30H,3,10H2,1-2H3,(H2,28,31). The molecule has 6 nitrogen and oxygen atoms in total. The minimum absolute atomic E-state index is 0.118. The number of nitrogens with one attached hydrogen (secondary N) is 2. The van der Waals surface area contributed by atoms with Crippen LogP contribution in [0.25, 0.3) is 0 Å². The molecule has 1 amide bonds. The molecule has 3 aromatic rings. The monoisotopic (exact) mass is 511 g/mol. The molecule has 3 aromatic carbocycles. The van der Waals surface area contributed by atoms with Crippen molar-refractivity contribution in [2.45, 2.75) is 20.3 Å². The third kappa shape index (κ3) is 5.45. The van der Waals surface area contributed by atoms with Crippen LogP contribution in [0.4, 0.5) is 30.2 Å². The van der Waals surface area contributed by atoms with Gasteiger partial charge in [0.15, 0.2) is 17.5 Å². The highest BCUT2D eigenvalue weighted by molar-refractivity contribution is 7.92. The molecule has 0 bridgehead atoms. The van der Waals surface area contributed by atoms with E-state index in [1.807, 2.05) is 0 Å². The van der Waals surface area contributed by atoms with E-state index in [1.54, 1.807) is 19.1 Å². The van der Waals surface area contributed by atoms with E-state index < -0.39 is 45.5 Å². The van der Waals surface area contributed by atoms with Crippen LogP contribution in [0.5, 0.6) is 0 Å². The van der Waals surface area contributed by atoms with Crippen molar-refractivity contribution in [2.24, 2.45) is 5.73 Å². The van der Waals surface area contributed by atoms with Gasteiger partial charge in [0.1, 0.15) is 0 Å². The van der Waals surface area contributed by atoms with E-state index >= 15 is 4.39 Å². The number of nitrogens with two attached hydrogens (primary N) is 1. The SMILES string of the molecule is CCS(=O)(=O)Nc1cccc(Cc2cc(C(N)=O)c(Nc3ccc(C)cc3Cl)c(F)c2F)c1F. The zero-order valence-electron chi connectivity index (χ0n) is 18.2. The lowest BCUT2D eigenvalue weighted by Gasteiger charge is -2.16. The van der Waals surface area contributed by atoms with Crippen molar-refractivity contribution in [3.05, 3.63) is 87.2 Å². The Bertz CT molecular complexity index is 1380. The molecule has 34 heavy (non-hydrogen) atoms. The Morgan fingerprint density at radius 1 is 1.00 bits per heavy atom. The van der Waals surface area contributed by atoms with Crippen molar-refractivity contribution in [1.29, 1.82) is 0 Å². The number of rotatable bonds is 8. The number of carbonyl (C=O) groups excluding carboxylic acids is 1. The van der Waals surface area contributed by atoms with Gasteiger partial charge >= 0.3 is 0 Å². The molecule has 180 valence electrons. The first-order valence-corrected chi connectivity index (χ1v) is 12.1. The Morgan fingerprint density at radius 2 is 1.71 bits per heavy atom. The second-order valence-electron chi connectivity index (χ2n) is 7.52. The topological polar surface area (TPSA) is 101 Å². The summed E-state index contributed by atoms with van der Waals surface area (Å²) in [7, 11) is -3.76. The van der Waals surface area contributed by atoms with Gasteiger partial charge < -0.3 is 11.1 Å². The predicted molar refractivity (Wildman–Crippen MR) is 127 cm³/mol. The largest absolute Gasteiger partial charge is 0.366 e. The quantitative estimate of drug-likeness (QED) is 0.384. The van der Waals surface area contributed by atoms with Crippen LogP contribution in [-0.2, 0) is 16.4 Å². The van der Waals surface area contributed by atoms with Crippen molar-refractivity contribution in [2.75, 3.05) is 15.8 Å². The lowest BCUT2D eigenvalue weighted by atomic mass is 9.99. The molecule has 0 aliphatic rings. The number of amides is 1. The Balaban J connectivity index is 2.04. The van der Waals surface area contributed by atoms with Crippen LogP contribution < -0.4 is 15.8 Å². The second kappa shape index (κ2) is 9.94. The molecule has 4 N–H and O–H groups in total. The van der Waals surface area contributed by atoms with E-state index in [0.717, 1.165) is 11.6 Å². The molecule has 0 saturated heterocycles. The van der Waals surface area contributed by atoms with Gasteiger partial charge in [0.25, 0.3) is 5.91 Å². The smallest absolute Gasteiger partial charge is 0.250 e. The summed E-state index contributed by atoms with van der Waals surface area (Å²) in [5, 5.41) is 2.82. The van der Waals surface area contributed by atoms with Crippen molar-refractivity contribution in [1.82, 2.24) is 0 Å². The molecule has 0 radical (unpaired) electrons. The fourth-order valence-electron chi connectivity index (χ4n) is 3.22. The van der Waals surface area contributed by atoms with E-state index in [-0.39, 0.29) is 38.8 Å². The lowest BCUT2D eigenvalue weighted by Crippen LogP contribution is -2.17. The number of sulfonamides is 1. The number of halogens is 4. The van der Waals surface area contributed by atoms with Gasteiger partial charge in [-0.15, -0.1) is 0 Å². The maximum absolute atomic E-state index is 15.1. The molecular formula is C23H21ClF3N3O3S. The lowest BCUT2D eigenvalue weighted by molar-refractivity contribution is 0.100. The van der Waals surface area contributed by atoms with Crippen LogP contribution in [0, 0.1) is 24.4 Å². The molecule has 0 fully saturated rings. The zero-order chi connectivity index (χ0) is 25.2. The molecule has 11 heteroatoms. The molecule has 3 rings (SSSR count). The van der Waals surface area contributed by atoms with E-state index in [0.29, 0.717) is 0 Å². The number of hydrogen-bond acceptors (Lipinski definition) is 4. The second-order valence-corrected chi connectivity index (χ2v) is 9.94. The Labute approximate surface area is 200 Å². The van der Waals surface area contributed by atoms with Gasteiger partial charge in [0, 0.05) is 6.42 Å². The molecule has 0 aliphatic heterocycles. The Kier molecular flexibility index (Phi) is 7.42. The molecule has 0 unspecified atom stereocenters. The van der Waals surface area contributed by atoms with Crippen molar-refractivity contribution in [3.63, 3.8) is 0 Å². The first-order valence-electron chi connectivity index (χ1n) is 10.0. The third-order valence-electron chi connectivity index (χ3n) is 5.04. The first kappa shape index (κ1) is 25.4. The van der Waals surface area contributed by atoms with Gasteiger partial charge in [0.05, 0.1) is 33.4 Å². The van der Waals surface area contributed by atoms with E-state index in [1.165, 1.54) is 31.2 Å². The highest BCUT2D eigenvalue weighted by Crippen LogP contribution is 2.33. The molecule has 0 spiro atoms. The summed E-state index contributed by atoms with van der Waals surface area (Å²) in [5.41, 5.74) is 4.78. The summed E-state index contributed by atoms with van der Waals surface area (Å²) in [6, 6.07) is 9.70. The fourth-order valence-corrected chi connectivity index (χ4v) is 4.14. The average Bonchev–Trinajstić information content (AvgIpc) is 2.77. The summed E-state index contributed by atoms with van der Waals surface area (Å²) < 4.78 is 70.6. The molecule has 0 saturated carbocycles. The van der Waals surface area contributed by atoms with Crippen molar-refractivity contribution >= 4 is 44.6 Å². The number of aryl methyl sites for hydroxylation is 1. The summed E-state index contributed by atoms with van der Waals surface area (Å²) in [4.78, 5) is 12.0. The zero-order valence-corrected chi connectivity index (χ0v) is 19.8. The number of benzene rings is 3. The molecule has 0 aromatic heterocycles. The highest BCUT2D eigenvalue weighted by Gasteiger charge is 2.23. The fraction of sp³-hybridized carbons (Fsp3) is 0.174. The van der Waals surface area contributed by atoms with Gasteiger partial charge in [-0.2, -0.15) is 0 Å². The molecule has 0 heterocycles. The number of anilines is 3. The number of hydrogen-bond donors (Lipinski definition) is 3. The highest BCUT2D eigenvalue weighted by atomic mass is 35.5. The van der Waals surface area contributed by atoms with Gasteiger partial charge in [0.2, 0.25) is 10.0 Å². The third-order valence-corrected chi connectivity index (χ3v) is 6.64. The van der Waals surface area contributed by atoms with Crippen molar-refractivity contribution in [3.8, 4) is 0 Å². The van der Waals surface area contributed by atoms with Crippen LogP contribution in [0.1, 0.15) is 34.0 Å². The van der Waals surface area contributed by atoms with Crippen LogP contribution in [0.15, 0.2) is 42.5 Å². The van der Waals surface area contributed by atoms with Gasteiger partial charge in [-0.25, -0.2) is 21.6 Å². The summed E-state index contributed by atoms with van der Waals surface area (Å²) >= 11 is 6.15. The van der Waals surface area contributed by atoms with Gasteiger partial charge in [-0.05, 0) is 54.8 Å². The van der Waals surface area contributed by atoms with E-state index in [2.05, 4.69) is 10.0 Å². The van der Waals surface area contributed by atoms with Crippen molar-refractivity contribution < 1.29 is 26.4 Å². The van der Waals surface area contributed by atoms with Crippen LogP contribution in [0.2, 0.25) is 5.02 Å². The molecule has 0 aliphatic carbocycles. The summed E-state index contributed by atoms with van der Waals surface area (Å²) in [5.74, 6) is -5.00. The number of carbonyl (C=O) groups is 1. The summed E-state index contributed by atoms with van der Waals surface area (Å²) in [6.45, 7) is 3.17. The Hall–Kier alpha value is -3.24.